The number of imidazole rings is 1. The number of thiophene rings is 1. The first-order chi connectivity index (χ1) is 15.4. The molecular weight excluding hydrogens is 428 g/mol. The number of rotatable bonds is 5. The lowest BCUT2D eigenvalue weighted by atomic mass is 9.93. The van der Waals surface area contributed by atoms with Crippen LogP contribution in [0, 0.1) is 6.92 Å². The topological polar surface area (TPSA) is 119 Å². The van der Waals surface area contributed by atoms with Gasteiger partial charge in [0.1, 0.15) is 0 Å². The van der Waals surface area contributed by atoms with Gasteiger partial charge in [0.2, 0.25) is 5.95 Å². The molecule has 1 aliphatic heterocycles. The first kappa shape index (κ1) is 20.2. The van der Waals surface area contributed by atoms with Gasteiger partial charge in [-0.1, -0.05) is 24.3 Å². The smallest absolute Gasteiger partial charge is 0.411 e. The van der Waals surface area contributed by atoms with E-state index in [1.165, 1.54) is 10.5 Å². The fraction of sp³-hybridized carbons (Fsp3) is 0.174. The predicted molar refractivity (Wildman–Crippen MR) is 121 cm³/mol. The number of aromatic amines is 1. The Kier molecular flexibility index (Phi) is 4.72. The van der Waals surface area contributed by atoms with E-state index in [1.54, 1.807) is 53.8 Å². The number of H-pyrrole nitrogens is 1. The number of aryl methyl sites for hydroxylation is 1. The number of anilines is 1. The summed E-state index contributed by atoms with van der Waals surface area (Å²) >= 11 is 1.64. The van der Waals surface area contributed by atoms with Crippen molar-refractivity contribution in [2.45, 2.75) is 19.1 Å². The van der Waals surface area contributed by atoms with Crippen LogP contribution in [0.4, 0.5) is 10.7 Å². The van der Waals surface area contributed by atoms with Gasteiger partial charge in [-0.05, 0) is 48.6 Å². The highest BCUT2D eigenvalue weighted by atomic mass is 32.1. The number of hydrogen-bond donors (Lipinski definition) is 4. The highest BCUT2D eigenvalue weighted by Crippen LogP contribution is 2.43. The van der Waals surface area contributed by atoms with E-state index in [2.05, 4.69) is 26.7 Å². The number of fused-ring (bicyclic) bond motifs is 2. The summed E-state index contributed by atoms with van der Waals surface area (Å²) in [6.45, 7) is 2.37. The van der Waals surface area contributed by atoms with Crippen molar-refractivity contribution in [3.05, 3.63) is 81.0 Å². The third-order valence-corrected chi connectivity index (χ3v) is 6.76. The Morgan fingerprint density at radius 2 is 2.06 bits per heavy atom. The van der Waals surface area contributed by atoms with Crippen LogP contribution in [0.15, 0.2) is 53.9 Å². The molecule has 9 heteroatoms. The van der Waals surface area contributed by atoms with E-state index in [0.29, 0.717) is 40.7 Å². The van der Waals surface area contributed by atoms with E-state index in [0.717, 1.165) is 4.88 Å². The lowest BCUT2D eigenvalue weighted by Gasteiger charge is -2.35. The minimum Gasteiger partial charge on any atom is -0.465 e. The molecule has 4 aromatic rings. The summed E-state index contributed by atoms with van der Waals surface area (Å²) in [5.41, 5.74) is 2.10. The maximum absolute atomic E-state index is 13.3. The van der Waals surface area contributed by atoms with Crippen LogP contribution in [-0.2, 0) is 12.1 Å². The van der Waals surface area contributed by atoms with Crippen molar-refractivity contribution in [3.8, 4) is 0 Å². The van der Waals surface area contributed by atoms with Crippen molar-refractivity contribution in [2.75, 3.05) is 11.9 Å². The quantitative estimate of drug-likeness (QED) is 0.369. The molecule has 0 saturated carbocycles. The lowest BCUT2D eigenvalue weighted by molar-refractivity contribution is -0.0492. The SMILES string of the molecule is Cc1csc(CCN2C(=O)c3ccccc3C2(O)c2ccc3nc(NC(=O)O)[nH]c3c2)c1. The molecule has 8 nitrogen and oxygen atoms in total. The zero-order valence-electron chi connectivity index (χ0n) is 17.1. The molecule has 5 rings (SSSR count). The van der Waals surface area contributed by atoms with Crippen LogP contribution in [-0.4, -0.2) is 43.6 Å². The minimum atomic E-state index is -1.65. The minimum absolute atomic E-state index is 0.0875. The number of nitrogens with one attached hydrogen (secondary N) is 2. The fourth-order valence-electron chi connectivity index (χ4n) is 4.22. The van der Waals surface area contributed by atoms with Crippen LogP contribution in [0.25, 0.3) is 11.0 Å². The fourth-order valence-corrected chi connectivity index (χ4v) is 5.09. The molecule has 1 aliphatic rings. The zero-order chi connectivity index (χ0) is 22.5. The molecule has 2 aromatic carbocycles. The van der Waals surface area contributed by atoms with Gasteiger partial charge < -0.3 is 20.1 Å². The van der Waals surface area contributed by atoms with E-state index in [9.17, 15) is 14.7 Å². The maximum atomic E-state index is 13.3. The zero-order valence-corrected chi connectivity index (χ0v) is 17.9. The van der Waals surface area contributed by atoms with Crippen molar-refractivity contribution in [1.29, 1.82) is 0 Å². The number of aromatic nitrogens is 2. The normalized spacial score (nSPS) is 17.7. The molecule has 4 N–H and O–H groups in total. The van der Waals surface area contributed by atoms with Gasteiger partial charge in [-0.3, -0.25) is 10.1 Å². The highest BCUT2D eigenvalue weighted by Gasteiger charge is 2.49. The molecule has 2 aromatic heterocycles. The molecule has 0 radical (unpaired) electrons. The Hall–Kier alpha value is -3.69. The summed E-state index contributed by atoms with van der Waals surface area (Å²) < 4.78 is 0. The van der Waals surface area contributed by atoms with Crippen molar-refractivity contribution in [2.24, 2.45) is 0 Å². The Morgan fingerprint density at radius 1 is 1.25 bits per heavy atom. The molecule has 1 unspecified atom stereocenters. The second-order valence-corrected chi connectivity index (χ2v) is 8.76. The van der Waals surface area contributed by atoms with Gasteiger partial charge in [-0.15, -0.1) is 11.3 Å². The van der Waals surface area contributed by atoms with Crippen molar-refractivity contribution < 1.29 is 19.8 Å². The Bertz CT molecular complexity index is 1360. The number of aliphatic hydroxyl groups is 1. The molecule has 0 saturated heterocycles. The van der Waals surface area contributed by atoms with Gasteiger partial charge in [0.05, 0.1) is 11.0 Å². The number of nitrogens with zero attached hydrogens (tertiary/aromatic N) is 2. The lowest BCUT2D eigenvalue weighted by Crippen LogP contribution is -2.45. The van der Waals surface area contributed by atoms with Crippen LogP contribution in [0.1, 0.15) is 31.9 Å². The Labute approximate surface area is 187 Å². The van der Waals surface area contributed by atoms with E-state index < -0.39 is 11.8 Å². The highest BCUT2D eigenvalue weighted by molar-refractivity contribution is 7.10. The van der Waals surface area contributed by atoms with E-state index in [4.69, 9.17) is 5.11 Å². The molecule has 0 aliphatic carbocycles. The molecule has 0 fully saturated rings. The molecule has 162 valence electrons. The second kappa shape index (κ2) is 7.47. The third kappa shape index (κ3) is 3.22. The molecule has 0 spiro atoms. The van der Waals surface area contributed by atoms with Crippen molar-refractivity contribution >= 4 is 40.3 Å². The Morgan fingerprint density at radius 3 is 2.81 bits per heavy atom. The first-order valence-electron chi connectivity index (χ1n) is 10.0. The molecule has 32 heavy (non-hydrogen) atoms. The van der Waals surface area contributed by atoms with E-state index in [-0.39, 0.29) is 11.9 Å². The van der Waals surface area contributed by atoms with Crippen molar-refractivity contribution in [3.63, 3.8) is 0 Å². The van der Waals surface area contributed by atoms with Gasteiger partial charge >= 0.3 is 6.09 Å². The summed E-state index contributed by atoms with van der Waals surface area (Å²) in [6.07, 6.45) is -0.604. The van der Waals surface area contributed by atoms with Crippen molar-refractivity contribution in [1.82, 2.24) is 14.9 Å². The van der Waals surface area contributed by atoms with Crippen LogP contribution in [0.3, 0.4) is 0 Å². The molecular formula is C23H20N4O4S. The third-order valence-electron chi connectivity index (χ3n) is 5.65. The number of benzene rings is 2. The molecule has 1 atom stereocenters. The van der Waals surface area contributed by atoms with Gasteiger partial charge in [-0.25, -0.2) is 9.78 Å². The summed E-state index contributed by atoms with van der Waals surface area (Å²) in [4.78, 5) is 33.9. The van der Waals surface area contributed by atoms with Gasteiger partial charge in [-0.2, -0.15) is 0 Å². The van der Waals surface area contributed by atoms with Crippen LogP contribution < -0.4 is 5.32 Å². The predicted octanol–water partition coefficient (Wildman–Crippen LogP) is 3.91. The molecule has 2 amide bonds. The van der Waals surface area contributed by atoms with Crippen LogP contribution in [0.5, 0.6) is 0 Å². The number of carbonyl (C=O) groups excluding carboxylic acids is 1. The summed E-state index contributed by atoms with van der Waals surface area (Å²) in [5, 5.41) is 25.2. The van der Waals surface area contributed by atoms with E-state index in [1.807, 2.05) is 6.92 Å². The maximum Gasteiger partial charge on any atom is 0.411 e. The second-order valence-electron chi connectivity index (χ2n) is 7.76. The van der Waals surface area contributed by atoms with Crippen LogP contribution >= 0.6 is 11.3 Å². The van der Waals surface area contributed by atoms with Gasteiger partial charge in [0.15, 0.2) is 5.72 Å². The average molecular weight is 449 g/mol. The van der Waals surface area contributed by atoms with E-state index >= 15 is 0 Å². The van der Waals surface area contributed by atoms with Crippen LogP contribution in [0.2, 0.25) is 0 Å². The standard InChI is InChI=1S/C23H20N4O4S/c1-13-10-15(32-12-13)8-9-27-20(28)16-4-2-3-5-17(16)23(27,31)14-6-7-18-19(11-14)25-21(24-18)26-22(29)30/h2-7,10-12,31H,8-9H2,1H3,(H,29,30)(H2,24,25,26). The molecule has 0 bridgehead atoms. The monoisotopic (exact) mass is 448 g/mol. The summed E-state index contributed by atoms with van der Waals surface area (Å²) in [5.74, 6) is -0.140. The largest absolute Gasteiger partial charge is 0.465 e. The number of amides is 2. The van der Waals surface area contributed by atoms with Gasteiger partial charge in [0, 0.05) is 28.1 Å². The summed E-state index contributed by atoms with van der Waals surface area (Å²) in [7, 11) is 0. The average Bonchev–Trinajstić information content (AvgIpc) is 3.42. The molecule has 3 heterocycles. The number of carboxylic acid groups (broad SMARTS) is 1. The Balaban J connectivity index is 1.57. The number of hydrogen-bond acceptors (Lipinski definition) is 5. The van der Waals surface area contributed by atoms with Gasteiger partial charge in [0.25, 0.3) is 5.91 Å². The summed E-state index contributed by atoms with van der Waals surface area (Å²) in [6, 6.07) is 14.3. The number of carbonyl (C=O) groups is 2. The first-order valence-corrected chi connectivity index (χ1v) is 10.9.